The number of rotatable bonds is 17. The molecule has 2 saturated heterocycles. The van der Waals surface area contributed by atoms with Crippen LogP contribution >= 0.6 is 0 Å². The van der Waals surface area contributed by atoms with Crippen LogP contribution in [0.25, 0.3) is 0 Å². The molecule has 1 aromatic rings. The number of carbonyl (C=O) groups excluding carboxylic acids is 2. The van der Waals surface area contributed by atoms with Crippen molar-refractivity contribution in [3.63, 3.8) is 0 Å². The van der Waals surface area contributed by atoms with Crippen LogP contribution in [0.2, 0.25) is 0 Å². The summed E-state index contributed by atoms with van der Waals surface area (Å²) < 4.78 is 33.1. The zero-order valence-corrected chi connectivity index (χ0v) is 24.6. The molecule has 2 fully saturated rings. The summed E-state index contributed by atoms with van der Waals surface area (Å²) >= 11 is 0. The van der Waals surface area contributed by atoms with Crippen LogP contribution in [0.15, 0.2) is 0 Å². The maximum atomic E-state index is 13.4. The van der Waals surface area contributed by atoms with E-state index in [-0.39, 0.29) is 54.0 Å². The van der Waals surface area contributed by atoms with Crippen molar-refractivity contribution in [1.82, 2.24) is 15.3 Å². The van der Waals surface area contributed by atoms with Crippen molar-refractivity contribution >= 4 is 23.3 Å². The van der Waals surface area contributed by atoms with E-state index in [0.29, 0.717) is 58.8 Å². The Hall–Kier alpha value is -2.42. The fraction of sp³-hybridized carbons (Fsp3) is 0.778. The Bertz CT molecular complexity index is 912. The summed E-state index contributed by atoms with van der Waals surface area (Å²) in [6, 6.07) is 0. The summed E-state index contributed by atoms with van der Waals surface area (Å²) in [4.78, 5) is 35.9. The molecule has 3 rings (SSSR count). The van der Waals surface area contributed by atoms with Crippen LogP contribution < -0.4 is 16.0 Å². The summed E-state index contributed by atoms with van der Waals surface area (Å²) in [6.45, 7) is 10.4. The van der Waals surface area contributed by atoms with Crippen molar-refractivity contribution in [2.24, 2.45) is 0 Å². The molecule has 0 saturated carbocycles. The summed E-state index contributed by atoms with van der Waals surface area (Å²) in [5, 5.41) is 9.20. The van der Waals surface area contributed by atoms with E-state index >= 15 is 0 Å². The molecule has 226 valence electrons. The number of amides is 1. The van der Waals surface area contributed by atoms with Crippen molar-refractivity contribution in [2.75, 3.05) is 70.9 Å². The third-order valence-corrected chi connectivity index (χ3v) is 6.33. The molecular weight excluding hydrogens is 522 g/mol. The molecule has 0 aliphatic carbocycles. The molecule has 2 atom stereocenters. The van der Waals surface area contributed by atoms with Gasteiger partial charge in [-0.1, -0.05) is 0 Å². The van der Waals surface area contributed by atoms with Crippen LogP contribution in [0.4, 0.5) is 11.6 Å². The lowest BCUT2D eigenvalue weighted by atomic mass is 10.1. The minimum Gasteiger partial charge on any atom is -0.385 e. The van der Waals surface area contributed by atoms with Gasteiger partial charge in [0, 0.05) is 53.5 Å². The van der Waals surface area contributed by atoms with Crippen molar-refractivity contribution in [1.29, 1.82) is 0 Å². The lowest BCUT2D eigenvalue weighted by molar-refractivity contribution is -0.139. The molecule has 40 heavy (non-hydrogen) atoms. The van der Waals surface area contributed by atoms with Gasteiger partial charge < -0.3 is 44.4 Å². The standard InChI is InChI=1S/C27H45N5O8/c1-26(2)37-16-18(39-26)9-10-20(33)21-23(28-11-7-13-35-5)32-22(24(31-21)29-12-8-14-36-6)25(34)30-15-19-17-38-27(3,4)40-19/h18-19H,7-17H2,1-6H3,(H,28,32)(H,29,31)(H,30,34). The van der Waals surface area contributed by atoms with Crippen LogP contribution in [0.5, 0.6) is 0 Å². The molecule has 0 spiro atoms. The molecule has 2 aliphatic heterocycles. The molecular formula is C27H45N5O8. The minimum atomic E-state index is -0.698. The second-order valence-electron chi connectivity index (χ2n) is 10.7. The predicted molar refractivity (Wildman–Crippen MR) is 148 cm³/mol. The van der Waals surface area contributed by atoms with E-state index in [0.717, 1.165) is 0 Å². The number of hydrogen-bond acceptors (Lipinski definition) is 12. The first-order chi connectivity index (χ1) is 19.0. The van der Waals surface area contributed by atoms with Gasteiger partial charge in [-0.05, 0) is 47.0 Å². The van der Waals surface area contributed by atoms with E-state index in [2.05, 4.69) is 25.9 Å². The fourth-order valence-electron chi connectivity index (χ4n) is 4.35. The van der Waals surface area contributed by atoms with Gasteiger partial charge in [0.1, 0.15) is 6.10 Å². The number of carbonyl (C=O) groups is 2. The van der Waals surface area contributed by atoms with Crippen LogP contribution in [0.3, 0.4) is 0 Å². The summed E-state index contributed by atoms with van der Waals surface area (Å²) in [5.74, 6) is -1.53. The molecule has 0 bridgehead atoms. The molecule has 2 aliphatic rings. The van der Waals surface area contributed by atoms with Crippen molar-refractivity contribution in [3.8, 4) is 0 Å². The number of hydrogen-bond donors (Lipinski definition) is 3. The highest BCUT2D eigenvalue weighted by atomic mass is 16.7. The molecule has 1 aromatic heterocycles. The van der Waals surface area contributed by atoms with Gasteiger partial charge in [-0.15, -0.1) is 0 Å². The van der Waals surface area contributed by atoms with E-state index in [4.69, 9.17) is 28.4 Å². The Labute approximate surface area is 236 Å². The van der Waals surface area contributed by atoms with Crippen molar-refractivity contribution in [2.45, 2.75) is 77.2 Å². The van der Waals surface area contributed by atoms with E-state index in [1.54, 1.807) is 14.2 Å². The quantitative estimate of drug-likeness (QED) is 0.187. The molecule has 0 aromatic carbocycles. The average molecular weight is 568 g/mol. The molecule has 1 amide bonds. The van der Waals surface area contributed by atoms with Gasteiger partial charge in [0.25, 0.3) is 5.91 Å². The van der Waals surface area contributed by atoms with Gasteiger partial charge in [0.15, 0.2) is 40.4 Å². The highest BCUT2D eigenvalue weighted by molar-refractivity contribution is 6.02. The van der Waals surface area contributed by atoms with Crippen molar-refractivity contribution in [3.05, 3.63) is 11.4 Å². The maximum absolute atomic E-state index is 13.4. The maximum Gasteiger partial charge on any atom is 0.273 e. The first-order valence-electron chi connectivity index (χ1n) is 13.9. The van der Waals surface area contributed by atoms with Gasteiger partial charge in [0.2, 0.25) is 0 Å². The number of nitrogens with zero attached hydrogens (tertiary/aromatic N) is 2. The van der Waals surface area contributed by atoms with Gasteiger partial charge >= 0.3 is 0 Å². The fourth-order valence-corrected chi connectivity index (χ4v) is 4.35. The monoisotopic (exact) mass is 567 g/mol. The Kier molecular flexibility index (Phi) is 12.0. The SMILES string of the molecule is COCCCNc1nc(C(=O)NCC2COC(C)(C)O2)c(NCCCOC)nc1C(=O)CCC1COC(C)(C)O1. The number of nitrogens with one attached hydrogen (secondary N) is 3. The van der Waals surface area contributed by atoms with Gasteiger partial charge in [0.05, 0.1) is 19.3 Å². The van der Waals surface area contributed by atoms with Crippen LogP contribution in [-0.2, 0) is 28.4 Å². The smallest absolute Gasteiger partial charge is 0.273 e. The summed E-state index contributed by atoms with van der Waals surface area (Å²) in [5.41, 5.74) is 0.242. The average Bonchev–Trinajstić information content (AvgIpc) is 3.45. The zero-order valence-electron chi connectivity index (χ0n) is 24.6. The first-order valence-corrected chi connectivity index (χ1v) is 13.9. The largest absolute Gasteiger partial charge is 0.385 e. The van der Waals surface area contributed by atoms with Crippen LogP contribution in [0.1, 0.15) is 74.4 Å². The minimum absolute atomic E-state index is 0.0793. The number of anilines is 2. The highest BCUT2D eigenvalue weighted by Crippen LogP contribution is 2.27. The second kappa shape index (κ2) is 15.0. The zero-order chi connectivity index (χ0) is 29.2. The van der Waals surface area contributed by atoms with E-state index in [9.17, 15) is 9.59 Å². The lowest BCUT2D eigenvalue weighted by Crippen LogP contribution is -2.35. The molecule has 13 nitrogen and oxygen atoms in total. The molecule has 0 radical (unpaired) electrons. The van der Waals surface area contributed by atoms with E-state index in [1.165, 1.54) is 0 Å². The summed E-state index contributed by atoms with van der Waals surface area (Å²) in [6.07, 6.45) is 1.55. The Morgan fingerprint density at radius 2 is 1.38 bits per heavy atom. The number of ketones is 1. The number of aromatic nitrogens is 2. The van der Waals surface area contributed by atoms with E-state index in [1.807, 2.05) is 27.7 Å². The highest BCUT2D eigenvalue weighted by Gasteiger charge is 2.34. The Morgan fingerprint density at radius 1 is 0.850 bits per heavy atom. The predicted octanol–water partition coefficient (Wildman–Crippen LogP) is 2.37. The number of ether oxygens (including phenoxy) is 6. The lowest BCUT2D eigenvalue weighted by Gasteiger charge is -2.19. The Morgan fingerprint density at radius 3 is 1.90 bits per heavy atom. The second-order valence-corrected chi connectivity index (χ2v) is 10.7. The van der Waals surface area contributed by atoms with Crippen molar-refractivity contribution < 1.29 is 38.0 Å². The number of methoxy groups -OCH3 is 2. The molecule has 3 heterocycles. The van der Waals surface area contributed by atoms with E-state index < -0.39 is 17.5 Å². The van der Waals surface area contributed by atoms with Crippen LogP contribution in [0, 0.1) is 0 Å². The third kappa shape index (κ3) is 9.89. The first kappa shape index (κ1) is 32.1. The normalized spacial score (nSPS) is 21.4. The van der Waals surface area contributed by atoms with Crippen LogP contribution in [-0.4, -0.2) is 106 Å². The molecule has 3 N–H and O–H groups in total. The van der Waals surface area contributed by atoms with Gasteiger partial charge in [-0.3, -0.25) is 9.59 Å². The number of Topliss-reactive ketones (excluding diaryl/α,β-unsaturated/α-hetero) is 1. The van der Waals surface area contributed by atoms with Gasteiger partial charge in [-0.25, -0.2) is 9.97 Å². The summed E-state index contributed by atoms with van der Waals surface area (Å²) in [7, 11) is 3.24. The van der Waals surface area contributed by atoms with Gasteiger partial charge in [-0.2, -0.15) is 0 Å². The Balaban J connectivity index is 1.80. The molecule has 2 unspecified atom stereocenters. The topological polar surface area (TPSA) is 151 Å². The third-order valence-electron chi connectivity index (χ3n) is 6.33. The molecule has 13 heteroatoms.